The molecule has 31 heavy (non-hydrogen) atoms. The van der Waals surface area contributed by atoms with Crippen LogP contribution in [0, 0.1) is 0 Å². The van der Waals surface area contributed by atoms with Crippen molar-refractivity contribution in [1.82, 2.24) is 4.90 Å². The van der Waals surface area contributed by atoms with Crippen LogP contribution >= 0.6 is 0 Å². The molecule has 2 aliphatic rings. The Morgan fingerprint density at radius 2 is 1.90 bits per heavy atom. The van der Waals surface area contributed by atoms with Crippen molar-refractivity contribution in [2.45, 2.75) is 19.3 Å². The normalized spacial score (nSPS) is 16.6. The molecule has 7 heteroatoms. The summed E-state index contributed by atoms with van der Waals surface area (Å²) < 4.78 is 22.2. The van der Waals surface area contributed by atoms with Gasteiger partial charge >= 0.3 is 0 Å². The molecule has 2 heterocycles. The zero-order chi connectivity index (χ0) is 21.8. The molecule has 2 aromatic rings. The molecule has 2 aliphatic heterocycles. The number of likely N-dealkylation sites (tertiary alicyclic amines) is 1. The van der Waals surface area contributed by atoms with Gasteiger partial charge in [-0.25, -0.2) is 0 Å². The number of allylic oxidation sites excluding steroid dienone is 1. The third-order valence-corrected chi connectivity index (χ3v) is 5.43. The maximum atomic E-state index is 12.8. The summed E-state index contributed by atoms with van der Waals surface area (Å²) in [6, 6.07) is 10.4. The minimum absolute atomic E-state index is 0.0251. The number of carbonyl (C=O) groups excluding carboxylic acids is 2. The van der Waals surface area contributed by atoms with Gasteiger partial charge in [0.25, 0.3) is 5.91 Å². The summed E-state index contributed by atoms with van der Waals surface area (Å²) >= 11 is 0. The Hall–Kier alpha value is -3.48. The second-order valence-electron chi connectivity index (χ2n) is 7.41. The van der Waals surface area contributed by atoms with E-state index in [4.69, 9.17) is 18.9 Å². The van der Waals surface area contributed by atoms with Gasteiger partial charge in [-0.2, -0.15) is 0 Å². The predicted octanol–water partition coefficient (Wildman–Crippen LogP) is 3.71. The Morgan fingerprint density at radius 1 is 1.10 bits per heavy atom. The summed E-state index contributed by atoms with van der Waals surface area (Å²) in [6.45, 7) is 1.54. The fourth-order valence-corrected chi connectivity index (χ4v) is 3.80. The molecule has 1 saturated heterocycles. The lowest BCUT2D eigenvalue weighted by atomic mass is 10.1. The molecule has 0 radical (unpaired) electrons. The van der Waals surface area contributed by atoms with E-state index in [1.54, 1.807) is 44.6 Å². The van der Waals surface area contributed by atoms with Gasteiger partial charge in [0.05, 0.1) is 19.8 Å². The van der Waals surface area contributed by atoms with Crippen LogP contribution in [0.3, 0.4) is 0 Å². The molecule has 2 aromatic carbocycles. The van der Waals surface area contributed by atoms with Crippen molar-refractivity contribution >= 4 is 17.8 Å². The number of ketones is 1. The lowest BCUT2D eigenvalue weighted by Gasteiger charge is -2.26. The monoisotopic (exact) mass is 423 g/mol. The summed E-state index contributed by atoms with van der Waals surface area (Å²) in [5.74, 6) is 1.90. The lowest BCUT2D eigenvalue weighted by Crippen LogP contribution is -2.38. The number of rotatable bonds is 6. The fourth-order valence-electron chi connectivity index (χ4n) is 3.80. The van der Waals surface area contributed by atoms with Crippen LogP contribution in [0.15, 0.2) is 42.2 Å². The van der Waals surface area contributed by atoms with Gasteiger partial charge in [-0.3, -0.25) is 9.59 Å². The molecule has 0 atom stereocenters. The largest absolute Gasteiger partial charge is 0.493 e. The zero-order valence-corrected chi connectivity index (χ0v) is 17.7. The number of amides is 1. The summed E-state index contributed by atoms with van der Waals surface area (Å²) in [6.07, 6.45) is 4.86. The highest BCUT2D eigenvalue weighted by atomic mass is 16.5. The smallest absolute Gasteiger partial charge is 0.260 e. The van der Waals surface area contributed by atoms with Crippen molar-refractivity contribution in [3.05, 3.63) is 53.3 Å². The van der Waals surface area contributed by atoms with Crippen LogP contribution in [0.2, 0.25) is 0 Å². The Balaban J connectivity index is 1.48. The molecule has 0 saturated carbocycles. The van der Waals surface area contributed by atoms with Gasteiger partial charge in [0.15, 0.2) is 23.9 Å². The number of fused-ring (bicyclic) bond motifs is 1. The molecule has 0 spiro atoms. The fraction of sp³-hybridized carbons (Fsp3) is 0.333. The average molecular weight is 423 g/mol. The maximum absolute atomic E-state index is 12.8. The molecule has 4 rings (SSSR count). The van der Waals surface area contributed by atoms with E-state index in [1.807, 2.05) is 17.0 Å². The van der Waals surface area contributed by atoms with Gasteiger partial charge in [0.1, 0.15) is 11.5 Å². The van der Waals surface area contributed by atoms with Crippen LogP contribution < -0.4 is 18.9 Å². The number of benzene rings is 2. The van der Waals surface area contributed by atoms with Gasteiger partial charge in [-0.05, 0) is 43.5 Å². The minimum Gasteiger partial charge on any atom is -0.493 e. The van der Waals surface area contributed by atoms with Crippen molar-refractivity contribution in [2.24, 2.45) is 0 Å². The summed E-state index contributed by atoms with van der Waals surface area (Å²) in [5, 5.41) is 0. The van der Waals surface area contributed by atoms with Gasteiger partial charge in [-0.1, -0.05) is 12.1 Å². The van der Waals surface area contributed by atoms with E-state index in [0.717, 1.165) is 32.4 Å². The van der Waals surface area contributed by atoms with Crippen molar-refractivity contribution in [2.75, 3.05) is 33.9 Å². The Bertz CT molecular complexity index is 1020. The van der Waals surface area contributed by atoms with Crippen LogP contribution in [-0.2, 0) is 4.79 Å². The summed E-state index contributed by atoms with van der Waals surface area (Å²) in [4.78, 5) is 26.9. The van der Waals surface area contributed by atoms with Crippen LogP contribution in [0.1, 0.15) is 35.2 Å². The SMILES string of the molecule is COc1cccc(/C=C2/Oc3cc(OCC(=O)N4CCCCC4)ccc3C2=O)c1OC. The number of methoxy groups -OCH3 is 2. The number of hydrogen-bond acceptors (Lipinski definition) is 6. The van der Waals surface area contributed by atoms with Gasteiger partial charge in [-0.15, -0.1) is 0 Å². The standard InChI is InChI=1S/C24H25NO6/c1-28-19-8-6-7-16(24(19)29-2)13-21-23(27)18-10-9-17(14-20(18)31-21)30-15-22(26)25-11-4-3-5-12-25/h6-10,13-14H,3-5,11-12,15H2,1-2H3/b21-13+. The van der Waals surface area contributed by atoms with Gasteiger partial charge in [0, 0.05) is 24.7 Å². The van der Waals surface area contributed by atoms with Gasteiger partial charge < -0.3 is 23.8 Å². The molecule has 162 valence electrons. The Kier molecular flexibility index (Phi) is 6.11. The lowest BCUT2D eigenvalue weighted by molar-refractivity contribution is -0.134. The Morgan fingerprint density at radius 3 is 2.65 bits per heavy atom. The molecule has 0 aromatic heterocycles. The summed E-state index contributed by atoms with van der Waals surface area (Å²) in [7, 11) is 3.10. The highest BCUT2D eigenvalue weighted by Crippen LogP contribution is 2.37. The average Bonchev–Trinajstić information content (AvgIpc) is 3.12. The predicted molar refractivity (Wildman–Crippen MR) is 115 cm³/mol. The van der Waals surface area contributed by atoms with Crippen LogP contribution in [0.5, 0.6) is 23.0 Å². The molecule has 0 unspecified atom stereocenters. The first-order chi connectivity index (χ1) is 15.1. The molecule has 1 amide bonds. The zero-order valence-electron chi connectivity index (χ0n) is 17.7. The first kappa shape index (κ1) is 20.8. The topological polar surface area (TPSA) is 74.3 Å². The number of carbonyl (C=O) groups is 2. The van der Waals surface area contributed by atoms with E-state index in [1.165, 1.54) is 0 Å². The highest BCUT2D eigenvalue weighted by molar-refractivity contribution is 6.14. The molecular formula is C24H25NO6. The minimum atomic E-state index is -0.226. The first-order valence-electron chi connectivity index (χ1n) is 10.3. The van der Waals surface area contributed by atoms with E-state index >= 15 is 0 Å². The number of hydrogen-bond donors (Lipinski definition) is 0. The van der Waals surface area contributed by atoms with Crippen molar-refractivity contribution < 1.29 is 28.5 Å². The van der Waals surface area contributed by atoms with E-state index in [0.29, 0.717) is 34.1 Å². The van der Waals surface area contributed by atoms with Crippen LogP contribution in [0.25, 0.3) is 6.08 Å². The number of para-hydroxylation sites is 1. The van der Waals surface area contributed by atoms with Crippen LogP contribution in [0.4, 0.5) is 0 Å². The molecule has 7 nitrogen and oxygen atoms in total. The van der Waals surface area contributed by atoms with Crippen LogP contribution in [-0.4, -0.2) is 50.5 Å². The number of piperidine rings is 1. The maximum Gasteiger partial charge on any atom is 0.260 e. The molecule has 0 bridgehead atoms. The van der Waals surface area contributed by atoms with Gasteiger partial charge in [0.2, 0.25) is 5.78 Å². The highest BCUT2D eigenvalue weighted by Gasteiger charge is 2.28. The number of Topliss-reactive ketones (excluding diaryl/α,β-unsaturated/α-hetero) is 1. The van der Waals surface area contributed by atoms with E-state index < -0.39 is 0 Å². The third-order valence-electron chi connectivity index (χ3n) is 5.43. The molecular weight excluding hydrogens is 398 g/mol. The number of nitrogens with zero attached hydrogens (tertiary/aromatic N) is 1. The van der Waals surface area contributed by atoms with E-state index in [9.17, 15) is 9.59 Å². The molecule has 1 fully saturated rings. The van der Waals surface area contributed by atoms with Crippen molar-refractivity contribution in [3.63, 3.8) is 0 Å². The molecule has 0 aliphatic carbocycles. The van der Waals surface area contributed by atoms with E-state index in [2.05, 4.69) is 0 Å². The van der Waals surface area contributed by atoms with Crippen molar-refractivity contribution in [1.29, 1.82) is 0 Å². The van der Waals surface area contributed by atoms with Crippen molar-refractivity contribution in [3.8, 4) is 23.0 Å². The summed E-state index contributed by atoms with van der Waals surface area (Å²) in [5.41, 5.74) is 1.12. The number of ether oxygens (including phenoxy) is 4. The quantitative estimate of drug-likeness (QED) is 0.660. The molecule has 0 N–H and O–H groups in total. The first-order valence-corrected chi connectivity index (χ1v) is 10.3. The second kappa shape index (κ2) is 9.12. The van der Waals surface area contributed by atoms with E-state index in [-0.39, 0.29) is 24.1 Å². The second-order valence-corrected chi connectivity index (χ2v) is 7.41. The Labute approximate surface area is 181 Å². The third kappa shape index (κ3) is 4.35.